The van der Waals surface area contributed by atoms with E-state index in [1.807, 2.05) is 24.3 Å². The van der Waals surface area contributed by atoms with E-state index in [0.29, 0.717) is 13.0 Å². The van der Waals surface area contributed by atoms with Gasteiger partial charge >= 0.3 is 6.01 Å². The molecule has 104 valence electrons. The van der Waals surface area contributed by atoms with Gasteiger partial charge in [0, 0.05) is 5.56 Å². The summed E-state index contributed by atoms with van der Waals surface area (Å²) >= 11 is 0. The van der Waals surface area contributed by atoms with Crippen LogP contribution in [0.25, 0.3) is 0 Å². The molecule has 20 heavy (non-hydrogen) atoms. The third-order valence-corrected chi connectivity index (χ3v) is 3.16. The molecular formula is C13H14N4O3. The van der Waals surface area contributed by atoms with Crippen LogP contribution in [0.3, 0.4) is 0 Å². The van der Waals surface area contributed by atoms with Crippen molar-refractivity contribution in [3.8, 4) is 11.8 Å². The SMILES string of the molecule is COc1n[nH]c(NC(=O)C2CCOc3ccccc32)n1. The predicted molar refractivity (Wildman–Crippen MR) is 70.9 cm³/mol. The molecule has 1 aliphatic heterocycles. The van der Waals surface area contributed by atoms with E-state index in [1.165, 1.54) is 7.11 Å². The van der Waals surface area contributed by atoms with Crippen LogP contribution in [0.5, 0.6) is 11.8 Å². The Morgan fingerprint density at radius 2 is 2.35 bits per heavy atom. The van der Waals surface area contributed by atoms with E-state index in [0.717, 1.165) is 11.3 Å². The smallest absolute Gasteiger partial charge is 0.336 e. The molecule has 1 aromatic heterocycles. The van der Waals surface area contributed by atoms with E-state index in [4.69, 9.17) is 9.47 Å². The maximum absolute atomic E-state index is 12.3. The summed E-state index contributed by atoms with van der Waals surface area (Å²) in [6, 6.07) is 7.74. The van der Waals surface area contributed by atoms with Crippen LogP contribution >= 0.6 is 0 Å². The van der Waals surface area contributed by atoms with Crippen molar-refractivity contribution in [1.82, 2.24) is 15.2 Å². The molecule has 1 atom stereocenters. The molecule has 0 saturated carbocycles. The minimum atomic E-state index is -0.254. The van der Waals surface area contributed by atoms with Gasteiger partial charge in [0.05, 0.1) is 19.6 Å². The van der Waals surface area contributed by atoms with Crippen LogP contribution in [0, 0.1) is 0 Å². The molecule has 1 unspecified atom stereocenters. The molecule has 0 radical (unpaired) electrons. The number of carbonyl (C=O) groups excluding carboxylic acids is 1. The number of hydrogen-bond acceptors (Lipinski definition) is 5. The molecular weight excluding hydrogens is 260 g/mol. The van der Waals surface area contributed by atoms with Gasteiger partial charge in [0.15, 0.2) is 0 Å². The van der Waals surface area contributed by atoms with Crippen molar-refractivity contribution in [2.45, 2.75) is 12.3 Å². The molecule has 0 fully saturated rings. The zero-order valence-corrected chi connectivity index (χ0v) is 10.9. The van der Waals surface area contributed by atoms with Crippen molar-refractivity contribution >= 4 is 11.9 Å². The Morgan fingerprint density at radius 1 is 1.50 bits per heavy atom. The molecule has 0 saturated heterocycles. The van der Waals surface area contributed by atoms with Gasteiger partial charge < -0.3 is 9.47 Å². The summed E-state index contributed by atoms with van der Waals surface area (Å²) in [7, 11) is 1.46. The highest BCUT2D eigenvalue weighted by atomic mass is 16.5. The number of anilines is 1. The molecule has 0 bridgehead atoms. The number of H-pyrrole nitrogens is 1. The van der Waals surface area contributed by atoms with Crippen LogP contribution < -0.4 is 14.8 Å². The minimum absolute atomic E-state index is 0.139. The number of para-hydroxylation sites is 1. The lowest BCUT2D eigenvalue weighted by Gasteiger charge is -2.24. The highest BCUT2D eigenvalue weighted by molar-refractivity contribution is 5.95. The summed E-state index contributed by atoms with van der Waals surface area (Å²) in [6.07, 6.45) is 0.633. The molecule has 2 N–H and O–H groups in total. The van der Waals surface area contributed by atoms with Crippen LogP contribution in [0.4, 0.5) is 5.95 Å². The number of ether oxygens (including phenoxy) is 2. The standard InChI is InChI=1S/C13H14N4O3/c1-19-13-15-12(16-17-13)14-11(18)9-6-7-20-10-5-3-2-4-8(9)10/h2-5,9H,6-7H2,1H3,(H2,14,15,16,17,18). The van der Waals surface area contributed by atoms with E-state index >= 15 is 0 Å². The first-order chi connectivity index (χ1) is 9.78. The molecule has 7 nitrogen and oxygen atoms in total. The van der Waals surface area contributed by atoms with Crippen LogP contribution in [0.15, 0.2) is 24.3 Å². The van der Waals surface area contributed by atoms with Gasteiger partial charge in [0.25, 0.3) is 0 Å². The van der Waals surface area contributed by atoms with Crippen molar-refractivity contribution in [2.24, 2.45) is 0 Å². The molecule has 3 rings (SSSR count). The fraction of sp³-hybridized carbons (Fsp3) is 0.308. The van der Waals surface area contributed by atoms with E-state index in [9.17, 15) is 4.79 Å². The molecule has 0 aliphatic carbocycles. The fourth-order valence-corrected chi connectivity index (χ4v) is 2.21. The van der Waals surface area contributed by atoms with Gasteiger partial charge in [-0.2, -0.15) is 4.98 Å². The first-order valence-corrected chi connectivity index (χ1v) is 6.27. The van der Waals surface area contributed by atoms with Gasteiger partial charge in [-0.3, -0.25) is 10.1 Å². The Morgan fingerprint density at radius 3 is 3.15 bits per heavy atom. The van der Waals surface area contributed by atoms with Crippen LogP contribution in [-0.4, -0.2) is 34.8 Å². The normalized spacial score (nSPS) is 16.9. The number of methoxy groups -OCH3 is 1. The number of fused-ring (bicyclic) bond motifs is 1. The average Bonchev–Trinajstić information content (AvgIpc) is 2.94. The Bertz CT molecular complexity index is 626. The van der Waals surface area contributed by atoms with Crippen LogP contribution in [0.2, 0.25) is 0 Å². The number of benzene rings is 1. The highest BCUT2D eigenvalue weighted by Gasteiger charge is 2.28. The molecule has 1 amide bonds. The molecule has 1 aliphatic rings. The van der Waals surface area contributed by atoms with Gasteiger partial charge in [-0.05, 0) is 12.5 Å². The molecule has 2 aromatic rings. The summed E-state index contributed by atoms with van der Waals surface area (Å²) in [5.41, 5.74) is 0.891. The van der Waals surface area contributed by atoms with Gasteiger partial charge in [-0.1, -0.05) is 18.2 Å². The van der Waals surface area contributed by atoms with Gasteiger partial charge in [-0.25, -0.2) is 5.10 Å². The van der Waals surface area contributed by atoms with Crippen molar-refractivity contribution in [3.63, 3.8) is 0 Å². The summed E-state index contributed by atoms with van der Waals surface area (Å²) in [5.74, 6) is 0.639. The average molecular weight is 274 g/mol. The molecule has 2 heterocycles. The quantitative estimate of drug-likeness (QED) is 0.881. The van der Waals surface area contributed by atoms with Crippen LogP contribution in [-0.2, 0) is 4.79 Å². The summed E-state index contributed by atoms with van der Waals surface area (Å²) in [6.45, 7) is 0.523. The Balaban J connectivity index is 1.78. The van der Waals surface area contributed by atoms with Crippen molar-refractivity contribution in [3.05, 3.63) is 29.8 Å². The number of hydrogen-bond donors (Lipinski definition) is 2. The Hall–Kier alpha value is -2.57. The third-order valence-electron chi connectivity index (χ3n) is 3.16. The zero-order valence-electron chi connectivity index (χ0n) is 10.9. The summed E-state index contributed by atoms with van der Waals surface area (Å²) in [4.78, 5) is 16.3. The monoisotopic (exact) mass is 274 g/mol. The van der Waals surface area contributed by atoms with E-state index in [2.05, 4.69) is 20.5 Å². The summed E-state index contributed by atoms with van der Waals surface area (Å²) < 4.78 is 10.4. The van der Waals surface area contributed by atoms with Gasteiger partial charge in [0.2, 0.25) is 11.9 Å². The minimum Gasteiger partial charge on any atom is -0.493 e. The second-order valence-electron chi connectivity index (χ2n) is 4.39. The van der Waals surface area contributed by atoms with E-state index in [1.54, 1.807) is 0 Å². The summed E-state index contributed by atoms with van der Waals surface area (Å²) in [5, 5.41) is 9.08. The molecule has 0 spiro atoms. The van der Waals surface area contributed by atoms with Crippen molar-refractivity contribution in [2.75, 3.05) is 19.0 Å². The lowest BCUT2D eigenvalue weighted by atomic mass is 9.92. The number of nitrogens with zero attached hydrogens (tertiary/aromatic N) is 2. The number of amides is 1. The lowest BCUT2D eigenvalue weighted by Crippen LogP contribution is -2.26. The van der Waals surface area contributed by atoms with Crippen LogP contribution in [0.1, 0.15) is 17.9 Å². The number of nitrogens with one attached hydrogen (secondary N) is 2. The van der Waals surface area contributed by atoms with Crippen molar-refractivity contribution in [1.29, 1.82) is 0 Å². The second-order valence-corrected chi connectivity index (χ2v) is 4.39. The van der Waals surface area contributed by atoms with E-state index < -0.39 is 0 Å². The topological polar surface area (TPSA) is 89.1 Å². The van der Waals surface area contributed by atoms with Gasteiger partial charge in [-0.15, -0.1) is 5.10 Å². The van der Waals surface area contributed by atoms with Crippen molar-refractivity contribution < 1.29 is 14.3 Å². The van der Waals surface area contributed by atoms with Gasteiger partial charge in [0.1, 0.15) is 5.75 Å². The first-order valence-electron chi connectivity index (χ1n) is 6.27. The second kappa shape index (κ2) is 5.20. The fourth-order valence-electron chi connectivity index (χ4n) is 2.21. The number of aromatic amines is 1. The maximum Gasteiger partial charge on any atom is 0.336 e. The third kappa shape index (κ3) is 2.29. The number of aromatic nitrogens is 3. The largest absolute Gasteiger partial charge is 0.493 e. The number of carbonyl (C=O) groups is 1. The molecule has 7 heteroatoms. The van der Waals surface area contributed by atoms with E-state index in [-0.39, 0.29) is 23.8 Å². The zero-order chi connectivity index (χ0) is 13.9. The first kappa shape index (κ1) is 12.5. The predicted octanol–water partition coefficient (Wildman–Crippen LogP) is 1.32. The Kier molecular flexibility index (Phi) is 3.24. The molecule has 1 aromatic carbocycles. The number of rotatable bonds is 3. The Labute approximate surface area is 115 Å². The lowest BCUT2D eigenvalue weighted by molar-refractivity contribution is -0.118. The maximum atomic E-state index is 12.3. The highest BCUT2D eigenvalue weighted by Crippen LogP contribution is 2.33.